The van der Waals surface area contributed by atoms with Crippen LogP contribution >= 0.6 is 0 Å². The average Bonchev–Trinajstić information content (AvgIpc) is 2.16. The third kappa shape index (κ3) is 3.20. The highest BCUT2D eigenvalue weighted by atomic mass is 15.2. The van der Waals surface area contributed by atoms with Gasteiger partial charge in [-0.1, -0.05) is 20.8 Å². The van der Waals surface area contributed by atoms with Crippen LogP contribution in [0, 0.1) is 11.3 Å². The lowest BCUT2D eigenvalue weighted by Gasteiger charge is -2.20. The van der Waals surface area contributed by atoms with Crippen molar-refractivity contribution in [2.75, 3.05) is 5.32 Å². The van der Waals surface area contributed by atoms with Gasteiger partial charge in [-0.25, -0.2) is 0 Å². The highest BCUT2D eigenvalue weighted by Gasteiger charge is 2.19. The van der Waals surface area contributed by atoms with Gasteiger partial charge in [-0.2, -0.15) is 10.4 Å². The van der Waals surface area contributed by atoms with E-state index < -0.39 is 5.54 Å². The van der Waals surface area contributed by atoms with Gasteiger partial charge >= 0.3 is 0 Å². The van der Waals surface area contributed by atoms with Crippen LogP contribution in [0.4, 0.5) is 5.82 Å². The minimum atomic E-state index is -0.627. The van der Waals surface area contributed by atoms with Gasteiger partial charge in [0.05, 0.1) is 11.8 Å². The molecule has 0 radical (unpaired) electrons. The van der Waals surface area contributed by atoms with Crippen LogP contribution in [0.3, 0.4) is 0 Å². The van der Waals surface area contributed by atoms with Crippen molar-refractivity contribution in [1.29, 1.82) is 5.26 Å². The Kier molecular flexibility index (Phi) is 3.18. The molecule has 0 aromatic carbocycles. The molecule has 0 aliphatic rings. The molecule has 1 rings (SSSR count). The van der Waals surface area contributed by atoms with Crippen LogP contribution in [-0.4, -0.2) is 15.7 Å². The molecule has 1 aromatic rings. The van der Waals surface area contributed by atoms with E-state index in [1.807, 2.05) is 12.1 Å². The van der Waals surface area contributed by atoms with Crippen LogP contribution in [-0.2, 0) is 5.41 Å². The van der Waals surface area contributed by atoms with E-state index in [0.717, 1.165) is 5.69 Å². The molecule has 1 N–H and O–H groups in total. The van der Waals surface area contributed by atoms with Gasteiger partial charge in [-0.05, 0) is 26.0 Å². The third-order valence-corrected chi connectivity index (χ3v) is 2.15. The molecular weight excluding hydrogens is 200 g/mol. The first-order valence-corrected chi connectivity index (χ1v) is 5.28. The van der Waals surface area contributed by atoms with Gasteiger partial charge in [0.2, 0.25) is 0 Å². The molecule has 86 valence electrons. The summed E-state index contributed by atoms with van der Waals surface area (Å²) in [5, 5.41) is 20.1. The molecule has 4 nitrogen and oxygen atoms in total. The van der Waals surface area contributed by atoms with E-state index in [4.69, 9.17) is 5.26 Å². The second kappa shape index (κ2) is 4.09. The summed E-state index contributed by atoms with van der Waals surface area (Å²) in [4.78, 5) is 0. The molecule has 0 saturated carbocycles. The fourth-order valence-electron chi connectivity index (χ4n) is 1.15. The van der Waals surface area contributed by atoms with Crippen LogP contribution in [0.2, 0.25) is 0 Å². The zero-order valence-electron chi connectivity index (χ0n) is 10.5. The fraction of sp³-hybridized carbons (Fsp3) is 0.583. The first-order valence-electron chi connectivity index (χ1n) is 5.28. The molecule has 1 heterocycles. The molecule has 0 fully saturated rings. The molecule has 0 spiro atoms. The Bertz CT molecular complexity index is 393. The van der Waals surface area contributed by atoms with Gasteiger partial charge < -0.3 is 5.32 Å². The van der Waals surface area contributed by atoms with Crippen molar-refractivity contribution in [2.45, 2.75) is 45.6 Å². The van der Waals surface area contributed by atoms with E-state index in [9.17, 15) is 0 Å². The van der Waals surface area contributed by atoms with E-state index in [-0.39, 0.29) is 5.41 Å². The van der Waals surface area contributed by atoms with Gasteiger partial charge in [-0.15, -0.1) is 5.10 Å². The predicted octanol–water partition coefficient (Wildman–Crippen LogP) is 2.49. The fourth-order valence-corrected chi connectivity index (χ4v) is 1.15. The molecule has 16 heavy (non-hydrogen) atoms. The van der Waals surface area contributed by atoms with Crippen molar-refractivity contribution in [2.24, 2.45) is 0 Å². The van der Waals surface area contributed by atoms with E-state index in [2.05, 4.69) is 42.4 Å². The maximum atomic E-state index is 8.88. The highest BCUT2D eigenvalue weighted by molar-refractivity contribution is 5.39. The number of aromatic nitrogens is 2. The van der Waals surface area contributed by atoms with Gasteiger partial charge in [0, 0.05) is 5.41 Å². The van der Waals surface area contributed by atoms with Crippen LogP contribution in [0.5, 0.6) is 0 Å². The van der Waals surface area contributed by atoms with Crippen molar-refractivity contribution in [3.63, 3.8) is 0 Å². The summed E-state index contributed by atoms with van der Waals surface area (Å²) in [6.07, 6.45) is 0. The number of anilines is 1. The second-order valence-corrected chi connectivity index (χ2v) is 5.42. The van der Waals surface area contributed by atoms with E-state index in [1.165, 1.54) is 0 Å². The number of nitriles is 1. The minimum absolute atomic E-state index is 0.00369. The first-order chi connectivity index (χ1) is 7.24. The largest absolute Gasteiger partial charge is 0.351 e. The summed E-state index contributed by atoms with van der Waals surface area (Å²) in [6, 6.07) is 5.94. The number of hydrogen-bond acceptors (Lipinski definition) is 4. The molecule has 0 atom stereocenters. The van der Waals surface area contributed by atoms with Crippen LogP contribution in [0.25, 0.3) is 0 Å². The average molecular weight is 218 g/mol. The van der Waals surface area contributed by atoms with E-state index in [1.54, 1.807) is 13.8 Å². The zero-order valence-corrected chi connectivity index (χ0v) is 10.5. The van der Waals surface area contributed by atoms with Gasteiger partial charge in [-0.3, -0.25) is 0 Å². The lowest BCUT2D eigenvalue weighted by Crippen LogP contribution is -2.29. The topological polar surface area (TPSA) is 61.6 Å². The molecular formula is C12H18N4. The quantitative estimate of drug-likeness (QED) is 0.828. The first kappa shape index (κ1) is 12.4. The Balaban J connectivity index is 2.85. The Morgan fingerprint density at radius 3 is 2.12 bits per heavy atom. The van der Waals surface area contributed by atoms with Crippen molar-refractivity contribution in [3.8, 4) is 6.07 Å². The lowest BCUT2D eigenvalue weighted by molar-refractivity contribution is 0.558. The Hall–Kier alpha value is -1.63. The van der Waals surface area contributed by atoms with Crippen molar-refractivity contribution in [1.82, 2.24) is 10.2 Å². The standard InChI is InChI=1S/C12H18N4/c1-11(2,3)9-6-7-10(16-15-9)14-12(4,5)8-13/h6-7H,1-5H3,(H,14,16). The van der Waals surface area contributed by atoms with E-state index >= 15 is 0 Å². The SMILES string of the molecule is CC(C)(C#N)Nc1ccc(C(C)(C)C)nn1. The normalized spacial score (nSPS) is 12.0. The van der Waals surface area contributed by atoms with Crippen LogP contribution in [0.1, 0.15) is 40.3 Å². The molecule has 0 aliphatic heterocycles. The van der Waals surface area contributed by atoms with Gasteiger partial charge in [0.25, 0.3) is 0 Å². The van der Waals surface area contributed by atoms with Crippen LogP contribution < -0.4 is 5.32 Å². The summed E-state index contributed by atoms with van der Waals surface area (Å²) in [5.41, 5.74) is 0.307. The molecule has 0 bridgehead atoms. The number of rotatable bonds is 2. The summed E-state index contributed by atoms with van der Waals surface area (Å²) in [7, 11) is 0. The summed E-state index contributed by atoms with van der Waals surface area (Å²) >= 11 is 0. The van der Waals surface area contributed by atoms with Crippen molar-refractivity contribution >= 4 is 5.82 Å². The summed E-state index contributed by atoms with van der Waals surface area (Å²) in [6.45, 7) is 9.86. The van der Waals surface area contributed by atoms with E-state index in [0.29, 0.717) is 5.82 Å². The minimum Gasteiger partial charge on any atom is -0.351 e. The number of nitrogens with zero attached hydrogens (tertiary/aromatic N) is 3. The Morgan fingerprint density at radius 2 is 1.75 bits per heavy atom. The number of nitrogens with one attached hydrogen (secondary N) is 1. The predicted molar refractivity (Wildman–Crippen MR) is 64.0 cm³/mol. The highest BCUT2D eigenvalue weighted by Crippen LogP contribution is 2.20. The third-order valence-electron chi connectivity index (χ3n) is 2.15. The molecule has 0 saturated heterocycles. The van der Waals surface area contributed by atoms with Gasteiger partial charge in [0.1, 0.15) is 11.4 Å². The molecule has 0 unspecified atom stereocenters. The summed E-state index contributed by atoms with van der Waals surface area (Å²) < 4.78 is 0. The molecule has 4 heteroatoms. The molecule has 0 aliphatic carbocycles. The maximum absolute atomic E-state index is 8.88. The zero-order chi connectivity index (χ0) is 12.4. The van der Waals surface area contributed by atoms with Crippen LogP contribution in [0.15, 0.2) is 12.1 Å². The maximum Gasteiger partial charge on any atom is 0.149 e. The smallest absolute Gasteiger partial charge is 0.149 e. The Labute approximate surface area is 96.7 Å². The Morgan fingerprint density at radius 1 is 1.12 bits per heavy atom. The number of hydrogen-bond donors (Lipinski definition) is 1. The second-order valence-electron chi connectivity index (χ2n) is 5.42. The van der Waals surface area contributed by atoms with Gasteiger partial charge in [0.15, 0.2) is 0 Å². The lowest BCUT2D eigenvalue weighted by atomic mass is 9.92. The molecule has 1 aromatic heterocycles. The molecule has 0 amide bonds. The van der Waals surface area contributed by atoms with Crippen molar-refractivity contribution in [3.05, 3.63) is 17.8 Å². The summed E-state index contributed by atoms with van der Waals surface area (Å²) in [5.74, 6) is 0.625. The van der Waals surface area contributed by atoms with Crippen molar-refractivity contribution < 1.29 is 0 Å². The monoisotopic (exact) mass is 218 g/mol.